The van der Waals surface area contributed by atoms with Crippen molar-refractivity contribution < 1.29 is 0 Å². The van der Waals surface area contributed by atoms with E-state index in [0.29, 0.717) is 12.5 Å². The molecule has 4 heteroatoms. The van der Waals surface area contributed by atoms with E-state index in [1.54, 1.807) is 11.3 Å². The number of hydrogen-bond donors (Lipinski definition) is 0. The fraction of sp³-hybridized carbons (Fsp3) is 0.385. The molecule has 0 spiro atoms. The largest absolute Gasteiger partial charge is 0.298 e. The number of thiophene rings is 1. The molecule has 3 nitrogen and oxygen atoms in total. The third-order valence-corrected chi connectivity index (χ3v) is 3.99. The van der Waals surface area contributed by atoms with Crippen molar-refractivity contribution in [1.29, 1.82) is 5.26 Å². The van der Waals surface area contributed by atoms with Gasteiger partial charge >= 0.3 is 0 Å². The summed E-state index contributed by atoms with van der Waals surface area (Å²) < 4.78 is 1.23. The summed E-state index contributed by atoms with van der Waals surface area (Å²) in [6.45, 7) is 2.97. The van der Waals surface area contributed by atoms with E-state index in [2.05, 4.69) is 36.0 Å². The van der Waals surface area contributed by atoms with Crippen molar-refractivity contribution in [3.05, 3.63) is 29.4 Å². The quantitative estimate of drug-likeness (QED) is 0.831. The van der Waals surface area contributed by atoms with Gasteiger partial charge in [0, 0.05) is 29.9 Å². The molecule has 17 heavy (non-hydrogen) atoms. The van der Waals surface area contributed by atoms with Crippen LogP contribution in [0.25, 0.3) is 10.1 Å². The Morgan fingerprint density at radius 3 is 3.12 bits per heavy atom. The second kappa shape index (κ2) is 5.26. The summed E-state index contributed by atoms with van der Waals surface area (Å²) in [4.78, 5) is 7.65. The maximum absolute atomic E-state index is 8.68. The summed E-state index contributed by atoms with van der Waals surface area (Å²) in [5.41, 5.74) is 0. The summed E-state index contributed by atoms with van der Waals surface area (Å²) in [6, 6.07) is 6.75. The standard InChI is InChI=1S/C13H15N3S/c1-10(3-5-14)16(2)9-12-7-11-4-6-15-8-13(11)17-12/h4,6-8,10H,3,9H2,1-2H3/t10-/m0/s1. The zero-order valence-electron chi connectivity index (χ0n) is 10.1. The number of fused-ring (bicyclic) bond motifs is 1. The SMILES string of the molecule is C[C@@H](CC#N)N(C)Cc1cc2ccncc2s1. The second-order valence-electron chi connectivity index (χ2n) is 4.25. The Morgan fingerprint density at radius 2 is 2.41 bits per heavy atom. The molecule has 0 N–H and O–H groups in total. The fourth-order valence-corrected chi connectivity index (χ4v) is 2.80. The van der Waals surface area contributed by atoms with Crippen molar-refractivity contribution in [3.8, 4) is 6.07 Å². The van der Waals surface area contributed by atoms with Crippen LogP contribution in [0.2, 0.25) is 0 Å². The summed E-state index contributed by atoms with van der Waals surface area (Å²) in [6.07, 6.45) is 4.30. The van der Waals surface area contributed by atoms with E-state index in [1.165, 1.54) is 15.0 Å². The first kappa shape index (κ1) is 12.0. The summed E-state index contributed by atoms with van der Waals surface area (Å²) >= 11 is 1.77. The fourth-order valence-electron chi connectivity index (χ4n) is 1.71. The van der Waals surface area contributed by atoms with E-state index in [1.807, 2.05) is 18.5 Å². The smallest absolute Gasteiger partial charge is 0.0638 e. The van der Waals surface area contributed by atoms with E-state index >= 15 is 0 Å². The molecule has 0 bridgehead atoms. The minimum Gasteiger partial charge on any atom is -0.298 e. The molecule has 0 unspecified atom stereocenters. The molecule has 1 atom stereocenters. The van der Waals surface area contributed by atoms with Crippen LogP contribution in [-0.2, 0) is 6.54 Å². The van der Waals surface area contributed by atoms with Gasteiger partial charge in [0.15, 0.2) is 0 Å². The van der Waals surface area contributed by atoms with Crippen LogP contribution in [0.4, 0.5) is 0 Å². The number of hydrogen-bond acceptors (Lipinski definition) is 4. The lowest BCUT2D eigenvalue weighted by molar-refractivity contribution is 0.254. The maximum atomic E-state index is 8.68. The van der Waals surface area contributed by atoms with Crippen LogP contribution in [0.1, 0.15) is 18.2 Å². The Balaban J connectivity index is 2.11. The van der Waals surface area contributed by atoms with Crippen LogP contribution >= 0.6 is 11.3 Å². The Hall–Kier alpha value is -1.44. The summed E-state index contributed by atoms with van der Waals surface area (Å²) in [7, 11) is 2.06. The summed E-state index contributed by atoms with van der Waals surface area (Å²) in [5, 5.41) is 9.93. The zero-order chi connectivity index (χ0) is 12.3. The van der Waals surface area contributed by atoms with Crippen LogP contribution in [0.15, 0.2) is 24.5 Å². The normalized spacial score (nSPS) is 12.8. The molecule has 0 aliphatic heterocycles. The van der Waals surface area contributed by atoms with Crippen molar-refractivity contribution >= 4 is 21.4 Å². The Morgan fingerprint density at radius 1 is 1.59 bits per heavy atom. The van der Waals surface area contributed by atoms with E-state index in [-0.39, 0.29) is 0 Å². The second-order valence-corrected chi connectivity index (χ2v) is 5.42. The lowest BCUT2D eigenvalue weighted by atomic mass is 10.2. The molecular formula is C13H15N3S. The van der Waals surface area contributed by atoms with Gasteiger partial charge in [-0.05, 0) is 31.5 Å². The van der Waals surface area contributed by atoms with Crippen molar-refractivity contribution in [2.75, 3.05) is 7.05 Å². The highest BCUT2D eigenvalue weighted by Crippen LogP contribution is 2.25. The van der Waals surface area contributed by atoms with Gasteiger partial charge in [0.05, 0.1) is 17.2 Å². The Labute approximate surface area is 105 Å². The number of rotatable bonds is 4. The third-order valence-electron chi connectivity index (χ3n) is 2.92. The molecule has 2 aromatic rings. The molecule has 0 amide bonds. The molecule has 0 radical (unpaired) electrons. The van der Waals surface area contributed by atoms with Crippen LogP contribution in [-0.4, -0.2) is 23.0 Å². The minimum absolute atomic E-state index is 0.295. The highest BCUT2D eigenvalue weighted by molar-refractivity contribution is 7.19. The van der Waals surface area contributed by atoms with Gasteiger partial charge in [-0.1, -0.05) is 0 Å². The maximum Gasteiger partial charge on any atom is 0.0638 e. The minimum atomic E-state index is 0.295. The Bertz CT molecular complexity index is 508. The molecule has 2 heterocycles. The Kier molecular flexibility index (Phi) is 3.72. The predicted octanol–water partition coefficient (Wildman–Crippen LogP) is 3.03. The van der Waals surface area contributed by atoms with Gasteiger partial charge < -0.3 is 0 Å². The molecule has 0 aliphatic carbocycles. The summed E-state index contributed by atoms with van der Waals surface area (Å²) in [5.74, 6) is 0. The molecular weight excluding hydrogens is 230 g/mol. The zero-order valence-corrected chi connectivity index (χ0v) is 10.9. The molecule has 2 rings (SSSR count). The van der Waals surface area contributed by atoms with Gasteiger partial charge in [-0.25, -0.2) is 0 Å². The first-order chi connectivity index (χ1) is 8.20. The molecule has 0 aromatic carbocycles. The first-order valence-corrected chi connectivity index (χ1v) is 6.42. The lowest BCUT2D eigenvalue weighted by Gasteiger charge is -2.21. The van der Waals surface area contributed by atoms with Gasteiger partial charge in [0.1, 0.15) is 0 Å². The lowest BCUT2D eigenvalue weighted by Crippen LogP contribution is -2.27. The average Bonchev–Trinajstić information content (AvgIpc) is 2.71. The molecule has 88 valence electrons. The van der Waals surface area contributed by atoms with Gasteiger partial charge in [-0.15, -0.1) is 11.3 Å². The van der Waals surface area contributed by atoms with Crippen molar-refractivity contribution in [2.45, 2.75) is 25.9 Å². The van der Waals surface area contributed by atoms with Gasteiger partial charge in [0.2, 0.25) is 0 Å². The van der Waals surface area contributed by atoms with E-state index < -0.39 is 0 Å². The third kappa shape index (κ3) is 2.82. The first-order valence-electron chi connectivity index (χ1n) is 5.60. The monoisotopic (exact) mass is 245 g/mol. The van der Waals surface area contributed by atoms with Crippen molar-refractivity contribution in [1.82, 2.24) is 9.88 Å². The van der Waals surface area contributed by atoms with Gasteiger partial charge in [-0.2, -0.15) is 5.26 Å². The van der Waals surface area contributed by atoms with Crippen molar-refractivity contribution in [2.24, 2.45) is 0 Å². The van der Waals surface area contributed by atoms with E-state index in [4.69, 9.17) is 5.26 Å². The van der Waals surface area contributed by atoms with Crippen LogP contribution in [0.3, 0.4) is 0 Å². The molecule has 0 saturated carbocycles. The van der Waals surface area contributed by atoms with Gasteiger partial charge in [0.25, 0.3) is 0 Å². The van der Waals surface area contributed by atoms with Crippen LogP contribution < -0.4 is 0 Å². The number of aromatic nitrogens is 1. The number of nitriles is 1. The van der Waals surface area contributed by atoms with Crippen LogP contribution in [0, 0.1) is 11.3 Å². The highest BCUT2D eigenvalue weighted by Gasteiger charge is 2.10. The molecule has 0 aliphatic rings. The topological polar surface area (TPSA) is 39.9 Å². The van der Waals surface area contributed by atoms with Crippen molar-refractivity contribution in [3.63, 3.8) is 0 Å². The number of pyridine rings is 1. The predicted molar refractivity (Wildman–Crippen MR) is 70.8 cm³/mol. The average molecular weight is 245 g/mol. The van der Waals surface area contributed by atoms with E-state index in [9.17, 15) is 0 Å². The number of nitrogens with zero attached hydrogens (tertiary/aromatic N) is 3. The van der Waals surface area contributed by atoms with E-state index in [0.717, 1.165) is 6.54 Å². The molecule has 0 fully saturated rings. The van der Waals surface area contributed by atoms with Gasteiger partial charge in [-0.3, -0.25) is 9.88 Å². The molecule has 0 saturated heterocycles. The highest BCUT2D eigenvalue weighted by atomic mass is 32.1. The van der Waals surface area contributed by atoms with Crippen LogP contribution in [0.5, 0.6) is 0 Å². The molecule has 2 aromatic heterocycles.